The third-order valence-electron chi connectivity index (χ3n) is 4.05. The van der Waals surface area contributed by atoms with Gasteiger partial charge >= 0.3 is 0 Å². The number of nitrogens with two attached hydrogens (primary N) is 1. The number of carbonyl (C=O) groups excluding carboxylic acids is 1. The van der Waals surface area contributed by atoms with Crippen LogP contribution in [0.15, 0.2) is 0 Å². The molecule has 1 aliphatic rings. The van der Waals surface area contributed by atoms with E-state index in [1.54, 1.807) is 0 Å². The molecule has 4 nitrogen and oxygen atoms in total. The van der Waals surface area contributed by atoms with Crippen molar-refractivity contribution in [2.24, 2.45) is 11.7 Å². The predicted molar refractivity (Wildman–Crippen MR) is 80.0 cm³/mol. The summed E-state index contributed by atoms with van der Waals surface area (Å²) in [7, 11) is 0. The summed E-state index contributed by atoms with van der Waals surface area (Å²) in [4.78, 5) is 14.6. The molecule has 0 aliphatic carbocycles. The van der Waals surface area contributed by atoms with Crippen LogP contribution in [-0.2, 0) is 4.79 Å². The number of hydrogen-bond donors (Lipinski definition) is 2. The molecule has 1 rings (SSSR count). The molecular formula is C15H31N3O. The number of nitrogens with zero attached hydrogens (tertiary/aromatic N) is 1. The second kappa shape index (κ2) is 9.32. The van der Waals surface area contributed by atoms with Crippen molar-refractivity contribution in [2.75, 3.05) is 26.2 Å². The van der Waals surface area contributed by atoms with Crippen LogP contribution >= 0.6 is 0 Å². The maximum absolute atomic E-state index is 12.1. The second-order valence-electron chi connectivity index (χ2n) is 5.70. The van der Waals surface area contributed by atoms with E-state index in [2.05, 4.69) is 24.1 Å². The van der Waals surface area contributed by atoms with Crippen molar-refractivity contribution in [1.82, 2.24) is 10.2 Å². The van der Waals surface area contributed by atoms with Crippen LogP contribution in [0, 0.1) is 5.92 Å². The Bertz CT molecular complexity index is 250. The van der Waals surface area contributed by atoms with Crippen LogP contribution in [0.1, 0.15) is 52.4 Å². The zero-order valence-electron chi connectivity index (χ0n) is 12.7. The Morgan fingerprint density at radius 1 is 1.32 bits per heavy atom. The third kappa shape index (κ3) is 5.91. The van der Waals surface area contributed by atoms with Crippen LogP contribution < -0.4 is 11.1 Å². The summed E-state index contributed by atoms with van der Waals surface area (Å²) in [5.74, 6) is 0.166. The molecule has 0 saturated carbocycles. The summed E-state index contributed by atoms with van der Waals surface area (Å²) in [6, 6.07) is 0.358. The first kappa shape index (κ1) is 16.4. The fraction of sp³-hybridized carbons (Fsp3) is 0.933. The van der Waals surface area contributed by atoms with E-state index < -0.39 is 0 Å². The monoisotopic (exact) mass is 269 g/mol. The Morgan fingerprint density at radius 3 is 2.53 bits per heavy atom. The molecule has 1 aliphatic heterocycles. The second-order valence-corrected chi connectivity index (χ2v) is 5.70. The van der Waals surface area contributed by atoms with Crippen molar-refractivity contribution in [3.8, 4) is 0 Å². The van der Waals surface area contributed by atoms with E-state index in [0.717, 1.165) is 38.8 Å². The number of carbonyl (C=O) groups is 1. The van der Waals surface area contributed by atoms with E-state index >= 15 is 0 Å². The number of rotatable bonds is 8. The number of likely N-dealkylation sites (tertiary alicyclic amines) is 1. The number of hydrogen-bond acceptors (Lipinski definition) is 3. The molecule has 4 heteroatoms. The van der Waals surface area contributed by atoms with Gasteiger partial charge in [0.05, 0.1) is 5.92 Å². The zero-order chi connectivity index (χ0) is 14.1. The molecule has 0 aromatic rings. The van der Waals surface area contributed by atoms with Gasteiger partial charge in [0.1, 0.15) is 0 Å². The van der Waals surface area contributed by atoms with E-state index in [1.165, 1.54) is 19.4 Å². The summed E-state index contributed by atoms with van der Waals surface area (Å²) < 4.78 is 0. The normalized spacial score (nSPS) is 19.3. The lowest BCUT2D eigenvalue weighted by Gasteiger charge is -2.33. The molecule has 0 aromatic carbocycles. The van der Waals surface area contributed by atoms with Crippen molar-refractivity contribution in [1.29, 1.82) is 0 Å². The molecule has 1 unspecified atom stereocenters. The molecule has 1 saturated heterocycles. The summed E-state index contributed by atoms with van der Waals surface area (Å²) in [6.07, 6.45) is 6.62. The largest absolute Gasteiger partial charge is 0.353 e. The van der Waals surface area contributed by atoms with E-state index in [1.807, 2.05) is 0 Å². The van der Waals surface area contributed by atoms with Gasteiger partial charge in [-0.1, -0.05) is 26.7 Å². The highest BCUT2D eigenvalue weighted by Gasteiger charge is 2.23. The molecule has 0 radical (unpaired) electrons. The van der Waals surface area contributed by atoms with Crippen LogP contribution in [-0.4, -0.2) is 43.0 Å². The average molecular weight is 269 g/mol. The van der Waals surface area contributed by atoms with Gasteiger partial charge in [-0.3, -0.25) is 4.79 Å². The van der Waals surface area contributed by atoms with Crippen LogP contribution in [0.4, 0.5) is 0 Å². The quantitative estimate of drug-likeness (QED) is 0.706. The van der Waals surface area contributed by atoms with Gasteiger partial charge in [-0.05, 0) is 32.2 Å². The van der Waals surface area contributed by atoms with Crippen LogP contribution in [0.3, 0.4) is 0 Å². The summed E-state index contributed by atoms with van der Waals surface area (Å²) in [5.41, 5.74) is 5.67. The summed E-state index contributed by atoms with van der Waals surface area (Å²) in [6.45, 7) is 8.24. The topological polar surface area (TPSA) is 58.4 Å². The molecule has 1 atom stereocenters. The lowest BCUT2D eigenvalue weighted by Crippen LogP contribution is -2.47. The molecular weight excluding hydrogens is 238 g/mol. The highest BCUT2D eigenvalue weighted by atomic mass is 16.1. The fourth-order valence-electron chi connectivity index (χ4n) is 2.71. The summed E-state index contributed by atoms with van der Waals surface area (Å²) >= 11 is 0. The molecule has 3 N–H and O–H groups in total. The molecule has 112 valence electrons. The molecule has 19 heavy (non-hydrogen) atoms. The van der Waals surface area contributed by atoms with Gasteiger partial charge in [-0.15, -0.1) is 0 Å². The maximum atomic E-state index is 12.1. The first-order valence-electron chi connectivity index (χ1n) is 7.94. The van der Waals surface area contributed by atoms with E-state index in [-0.39, 0.29) is 11.8 Å². The Morgan fingerprint density at radius 2 is 2.00 bits per heavy atom. The SMILES string of the molecule is CCCCN1CCC(NC(=O)C(CN)CCC)CC1. The van der Waals surface area contributed by atoms with Gasteiger partial charge in [0.25, 0.3) is 0 Å². The smallest absolute Gasteiger partial charge is 0.224 e. The molecule has 0 aromatic heterocycles. The molecule has 0 bridgehead atoms. The lowest BCUT2D eigenvalue weighted by molar-refractivity contribution is -0.126. The van der Waals surface area contributed by atoms with E-state index in [0.29, 0.717) is 12.6 Å². The van der Waals surface area contributed by atoms with Crippen LogP contribution in [0.2, 0.25) is 0 Å². The van der Waals surface area contributed by atoms with Gasteiger partial charge in [-0.2, -0.15) is 0 Å². The number of piperidine rings is 1. The highest BCUT2D eigenvalue weighted by Crippen LogP contribution is 2.13. The van der Waals surface area contributed by atoms with Crippen molar-refractivity contribution in [2.45, 2.75) is 58.4 Å². The molecule has 1 amide bonds. The Hall–Kier alpha value is -0.610. The van der Waals surface area contributed by atoms with Gasteiger partial charge in [0.15, 0.2) is 0 Å². The average Bonchev–Trinajstić information content (AvgIpc) is 2.43. The molecule has 1 fully saturated rings. The Labute approximate surface area is 118 Å². The molecule has 1 heterocycles. The fourth-order valence-corrected chi connectivity index (χ4v) is 2.71. The molecule has 0 spiro atoms. The standard InChI is InChI=1S/C15H31N3O/c1-3-5-9-18-10-7-14(8-11-18)17-15(19)13(12-16)6-4-2/h13-14H,3-12,16H2,1-2H3,(H,17,19). The van der Waals surface area contributed by atoms with Gasteiger partial charge < -0.3 is 16.0 Å². The predicted octanol–water partition coefficient (Wildman–Crippen LogP) is 1.74. The van der Waals surface area contributed by atoms with Crippen LogP contribution in [0.5, 0.6) is 0 Å². The zero-order valence-corrected chi connectivity index (χ0v) is 12.7. The first-order valence-corrected chi connectivity index (χ1v) is 7.94. The third-order valence-corrected chi connectivity index (χ3v) is 4.05. The van der Waals surface area contributed by atoms with E-state index in [4.69, 9.17) is 5.73 Å². The maximum Gasteiger partial charge on any atom is 0.224 e. The first-order chi connectivity index (χ1) is 9.21. The minimum Gasteiger partial charge on any atom is -0.353 e. The van der Waals surface area contributed by atoms with Crippen molar-refractivity contribution < 1.29 is 4.79 Å². The number of nitrogens with one attached hydrogen (secondary N) is 1. The number of unbranched alkanes of at least 4 members (excludes halogenated alkanes) is 1. The number of amides is 1. The minimum atomic E-state index is 0.00289. The van der Waals surface area contributed by atoms with Crippen LogP contribution in [0.25, 0.3) is 0 Å². The lowest BCUT2D eigenvalue weighted by atomic mass is 10.00. The Balaban J connectivity index is 2.26. The van der Waals surface area contributed by atoms with Crippen molar-refractivity contribution in [3.05, 3.63) is 0 Å². The highest BCUT2D eigenvalue weighted by molar-refractivity contribution is 5.79. The van der Waals surface area contributed by atoms with Gasteiger partial charge in [0.2, 0.25) is 5.91 Å². The Kier molecular flexibility index (Phi) is 8.07. The summed E-state index contributed by atoms with van der Waals surface area (Å²) in [5, 5.41) is 3.19. The van der Waals surface area contributed by atoms with Gasteiger partial charge in [-0.25, -0.2) is 0 Å². The van der Waals surface area contributed by atoms with Crippen molar-refractivity contribution in [3.63, 3.8) is 0 Å². The van der Waals surface area contributed by atoms with E-state index in [9.17, 15) is 4.79 Å². The minimum absolute atomic E-state index is 0.00289. The van der Waals surface area contributed by atoms with Gasteiger partial charge in [0, 0.05) is 25.7 Å². The van der Waals surface area contributed by atoms with Crippen molar-refractivity contribution >= 4 is 5.91 Å².